The molecule has 0 rings (SSSR count). The fourth-order valence-electron chi connectivity index (χ4n) is 12.3. The molecule has 0 aromatic carbocycles. The molecule has 0 saturated carbocycles. The van der Waals surface area contributed by atoms with Crippen molar-refractivity contribution in [1.82, 2.24) is 0 Å². The molecule has 0 saturated heterocycles. The first-order chi connectivity index (χ1) is 49.4. The number of ether oxygens (including phenoxy) is 4. The van der Waals surface area contributed by atoms with Gasteiger partial charge < -0.3 is 33.8 Å². The van der Waals surface area contributed by atoms with E-state index in [4.69, 9.17) is 37.0 Å². The molecule has 0 heterocycles. The van der Waals surface area contributed by atoms with Crippen molar-refractivity contribution in [3.8, 4) is 0 Å². The number of carbonyl (C=O) groups excluding carboxylic acids is 4. The van der Waals surface area contributed by atoms with Gasteiger partial charge in [0.1, 0.15) is 19.3 Å². The Hall–Kier alpha value is -2.46. The second-order valence-corrected chi connectivity index (χ2v) is 33.0. The van der Waals surface area contributed by atoms with Crippen molar-refractivity contribution in [3.63, 3.8) is 0 Å². The summed E-state index contributed by atoms with van der Waals surface area (Å²) in [6, 6.07) is 0. The molecule has 0 aromatic rings. The SMILES string of the molecule is CCCCCC/C=C\C=C/CCCCCCCC(=O)O[C@H](COC(=O)CCCCCCCCCCC(C)C)COP(=O)(O)OC[C@H](O)COP(=O)(O)OC[C@@H](COC(=O)CCCCCCCCCCCCCCCCC(C)C)OC(=O)CCCCCCCCCCCCCCCCCCCCC. The molecule has 0 aliphatic rings. The number of unbranched alkanes of at least 4 members (excludes halogenated alkanes) is 47. The van der Waals surface area contributed by atoms with Gasteiger partial charge in [-0.3, -0.25) is 37.3 Å². The standard InChI is InChI=1S/C83H158O17P2/c1-7-9-11-13-15-17-19-21-23-24-25-26-28-34-38-42-50-56-62-68-82(87)99-78(71-93-80(85)65-59-53-47-40-36-32-30-29-31-35-39-45-51-57-63-75(3)4)73-97-101(89,90)95-69-77(84)70-96-102(91,92)98-74-79(72-94-81(86)66-60-54-48-44-43-46-52-58-64-76(5)6)100-83(88)67-61-55-49-41-37-33-27-22-20-18-16-14-12-10-8-2/h18,20,22,27,75-79,84H,7-17,19,21,23-26,28-74H2,1-6H3,(H,89,90)(H,91,92)/b20-18-,27-22-/t77-,78-,79-/m1/s1. The van der Waals surface area contributed by atoms with E-state index in [1.54, 1.807) is 0 Å². The first-order valence-electron chi connectivity index (χ1n) is 42.3. The van der Waals surface area contributed by atoms with Crippen LogP contribution < -0.4 is 0 Å². The minimum atomic E-state index is -4.97. The molecular weight excluding hydrogens is 1330 g/mol. The van der Waals surface area contributed by atoms with Crippen LogP contribution in [0.3, 0.4) is 0 Å². The monoisotopic (exact) mass is 1490 g/mol. The summed E-state index contributed by atoms with van der Waals surface area (Å²) >= 11 is 0. The Morgan fingerprint density at radius 1 is 0.304 bits per heavy atom. The molecule has 0 bridgehead atoms. The Balaban J connectivity index is 5.28. The Kier molecular flexibility index (Phi) is 72.2. The third-order valence-electron chi connectivity index (χ3n) is 18.8. The molecule has 102 heavy (non-hydrogen) atoms. The van der Waals surface area contributed by atoms with Crippen LogP contribution in [-0.2, 0) is 65.4 Å². The van der Waals surface area contributed by atoms with Crippen molar-refractivity contribution in [2.45, 2.75) is 432 Å². The minimum absolute atomic E-state index is 0.0847. The van der Waals surface area contributed by atoms with Crippen molar-refractivity contribution in [2.75, 3.05) is 39.6 Å². The molecule has 0 amide bonds. The number of aliphatic hydroxyl groups is 1. The number of hydrogen-bond donors (Lipinski definition) is 3. The van der Waals surface area contributed by atoms with E-state index in [1.165, 1.54) is 212 Å². The fraction of sp³-hybridized carbons (Fsp3) is 0.904. The summed E-state index contributed by atoms with van der Waals surface area (Å²) in [7, 11) is -9.94. The van der Waals surface area contributed by atoms with E-state index in [0.29, 0.717) is 25.7 Å². The van der Waals surface area contributed by atoms with Crippen LogP contribution in [0.15, 0.2) is 24.3 Å². The Morgan fingerprint density at radius 2 is 0.529 bits per heavy atom. The molecule has 0 radical (unpaired) electrons. The highest BCUT2D eigenvalue weighted by molar-refractivity contribution is 7.47. The second kappa shape index (κ2) is 74.0. The van der Waals surface area contributed by atoms with Crippen molar-refractivity contribution in [1.29, 1.82) is 0 Å². The average Bonchev–Trinajstić information content (AvgIpc) is 0.945. The molecule has 0 aliphatic carbocycles. The van der Waals surface area contributed by atoms with Crippen LogP contribution in [0.4, 0.5) is 0 Å². The van der Waals surface area contributed by atoms with Gasteiger partial charge in [-0.2, -0.15) is 0 Å². The molecule has 0 fully saturated rings. The summed E-state index contributed by atoms with van der Waals surface area (Å²) in [5.41, 5.74) is 0. The van der Waals surface area contributed by atoms with E-state index in [1.807, 2.05) is 0 Å². The van der Waals surface area contributed by atoms with Crippen LogP contribution >= 0.6 is 15.6 Å². The first kappa shape index (κ1) is 99.5. The van der Waals surface area contributed by atoms with Gasteiger partial charge >= 0.3 is 39.5 Å². The summed E-state index contributed by atoms with van der Waals surface area (Å²) < 4.78 is 68.7. The van der Waals surface area contributed by atoms with Gasteiger partial charge in [0.25, 0.3) is 0 Å². The molecule has 602 valence electrons. The number of phosphoric acid groups is 2. The number of carbonyl (C=O) groups is 4. The molecule has 19 heteroatoms. The minimum Gasteiger partial charge on any atom is -0.462 e. The van der Waals surface area contributed by atoms with Crippen LogP contribution in [0.2, 0.25) is 0 Å². The highest BCUT2D eigenvalue weighted by atomic mass is 31.2. The summed E-state index contributed by atoms with van der Waals surface area (Å²) in [4.78, 5) is 73.1. The Labute approximate surface area is 624 Å². The number of allylic oxidation sites excluding steroid dienone is 4. The predicted molar refractivity (Wildman–Crippen MR) is 418 cm³/mol. The molecular formula is C83H158O17P2. The number of esters is 4. The summed E-state index contributed by atoms with van der Waals surface area (Å²) in [6.07, 6.45) is 67.5. The topological polar surface area (TPSA) is 237 Å². The van der Waals surface area contributed by atoms with Gasteiger partial charge in [0.05, 0.1) is 26.4 Å². The largest absolute Gasteiger partial charge is 0.472 e. The number of aliphatic hydroxyl groups excluding tert-OH is 1. The van der Waals surface area contributed by atoms with Crippen molar-refractivity contribution < 1.29 is 80.2 Å². The number of hydrogen-bond acceptors (Lipinski definition) is 15. The van der Waals surface area contributed by atoms with E-state index in [9.17, 15) is 43.2 Å². The lowest BCUT2D eigenvalue weighted by Crippen LogP contribution is -2.30. The second-order valence-electron chi connectivity index (χ2n) is 30.1. The third-order valence-corrected chi connectivity index (χ3v) is 20.7. The molecule has 17 nitrogen and oxygen atoms in total. The number of phosphoric ester groups is 2. The predicted octanol–water partition coefficient (Wildman–Crippen LogP) is 24.6. The van der Waals surface area contributed by atoms with Gasteiger partial charge in [0.15, 0.2) is 12.2 Å². The maximum absolute atomic E-state index is 13.1. The Morgan fingerprint density at radius 3 is 0.804 bits per heavy atom. The quantitative estimate of drug-likeness (QED) is 0.0169. The van der Waals surface area contributed by atoms with Gasteiger partial charge in [0, 0.05) is 25.7 Å². The van der Waals surface area contributed by atoms with Crippen LogP contribution in [-0.4, -0.2) is 96.7 Å². The normalized spacial score (nSPS) is 14.0. The lowest BCUT2D eigenvalue weighted by molar-refractivity contribution is -0.161. The molecule has 0 aromatic heterocycles. The molecule has 0 spiro atoms. The van der Waals surface area contributed by atoms with Gasteiger partial charge in [0.2, 0.25) is 0 Å². The van der Waals surface area contributed by atoms with Gasteiger partial charge in [-0.05, 0) is 63.2 Å². The summed E-state index contributed by atoms with van der Waals surface area (Å²) in [5, 5.41) is 10.7. The first-order valence-corrected chi connectivity index (χ1v) is 45.3. The highest BCUT2D eigenvalue weighted by Gasteiger charge is 2.30. The summed E-state index contributed by atoms with van der Waals surface area (Å²) in [5.74, 6) is -0.616. The van der Waals surface area contributed by atoms with Gasteiger partial charge in [-0.1, -0.05) is 361 Å². The molecule has 5 atom stereocenters. The van der Waals surface area contributed by atoms with E-state index in [2.05, 4.69) is 65.8 Å². The molecule has 2 unspecified atom stereocenters. The lowest BCUT2D eigenvalue weighted by atomic mass is 10.0. The zero-order valence-electron chi connectivity index (χ0n) is 66.4. The van der Waals surface area contributed by atoms with Crippen LogP contribution in [0.1, 0.15) is 414 Å². The van der Waals surface area contributed by atoms with Crippen molar-refractivity contribution >= 4 is 39.5 Å². The van der Waals surface area contributed by atoms with Crippen molar-refractivity contribution in [3.05, 3.63) is 24.3 Å². The van der Waals surface area contributed by atoms with Crippen LogP contribution in [0.25, 0.3) is 0 Å². The lowest BCUT2D eigenvalue weighted by Gasteiger charge is -2.21. The van der Waals surface area contributed by atoms with Gasteiger partial charge in [-0.15, -0.1) is 0 Å². The van der Waals surface area contributed by atoms with E-state index >= 15 is 0 Å². The number of rotatable bonds is 80. The highest BCUT2D eigenvalue weighted by Crippen LogP contribution is 2.45. The summed E-state index contributed by atoms with van der Waals surface area (Å²) in [6.45, 7) is 9.57. The third kappa shape index (κ3) is 75.8. The zero-order valence-corrected chi connectivity index (χ0v) is 68.2. The average molecular weight is 1490 g/mol. The van der Waals surface area contributed by atoms with Crippen LogP contribution in [0.5, 0.6) is 0 Å². The van der Waals surface area contributed by atoms with Gasteiger partial charge in [-0.25, -0.2) is 9.13 Å². The zero-order chi connectivity index (χ0) is 74.9. The van der Waals surface area contributed by atoms with E-state index < -0.39 is 97.5 Å². The van der Waals surface area contributed by atoms with E-state index in [0.717, 1.165) is 121 Å². The molecule has 3 N–H and O–H groups in total. The Bertz CT molecular complexity index is 2050. The van der Waals surface area contributed by atoms with Crippen molar-refractivity contribution in [2.24, 2.45) is 11.8 Å². The van der Waals surface area contributed by atoms with E-state index in [-0.39, 0.29) is 25.7 Å². The maximum atomic E-state index is 13.1. The fourth-order valence-corrected chi connectivity index (χ4v) is 13.9. The smallest absolute Gasteiger partial charge is 0.462 e. The van der Waals surface area contributed by atoms with Crippen LogP contribution in [0, 0.1) is 11.8 Å². The maximum Gasteiger partial charge on any atom is 0.472 e. The molecule has 0 aliphatic heterocycles.